The summed E-state index contributed by atoms with van der Waals surface area (Å²) in [4.78, 5) is 0. The third kappa shape index (κ3) is 2.76. The van der Waals surface area contributed by atoms with E-state index >= 15 is 0 Å². The van der Waals surface area contributed by atoms with E-state index in [4.69, 9.17) is 15.2 Å². The van der Waals surface area contributed by atoms with Crippen LogP contribution < -0.4 is 15.2 Å². The zero-order valence-electron chi connectivity index (χ0n) is 13.4. The minimum atomic E-state index is -0.0353. The summed E-state index contributed by atoms with van der Waals surface area (Å²) in [6, 6.07) is 6.06. The van der Waals surface area contributed by atoms with Crippen molar-refractivity contribution < 1.29 is 9.47 Å². The largest absolute Gasteiger partial charge is 0.497 e. The number of hydrogen-bond acceptors (Lipinski definition) is 3. The minimum Gasteiger partial charge on any atom is -0.497 e. The lowest BCUT2D eigenvalue weighted by atomic mass is 9.71. The van der Waals surface area contributed by atoms with E-state index in [1.165, 1.54) is 12.8 Å². The zero-order chi connectivity index (χ0) is 15.0. The molecule has 1 aromatic carbocycles. The number of nitrogens with two attached hydrogens (primary N) is 1. The van der Waals surface area contributed by atoms with Gasteiger partial charge in [-0.3, -0.25) is 0 Å². The highest BCUT2D eigenvalue weighted by molar-refractivity contribution is 5.44. The molecule has 3 heteroatoms. The molecule has 116 valence electrons. The van der Waals surface area contributed by atoms with Crippen molar-refractivity contribution in [1.82, 2.24) is 0 Å². The first-order chi connectivity index (χ1) is 10.0. The molecule has 1 saturated carbocycles. The van der Waals surface area contributed by atoms with Crippen molar-refractivity contribution >= 4 is 0 Å². The van der Waals surface area contributed by atoms with E-state index in [0.717, 1.165) is 48.2 Å². The SMILES string of the molecule is COc1ccc2c(c1)[C@H](N)CC1(CCC(C(C)C)CC1)O2. The summed E-state index contributed by atoms with van der Waals surface area (Å²) >= 11 is 0. The van der Waals surface area contributed by atoms with Crippen LogP contribution in [0.4, 0.5) is 0 Å². The van der Waals surface area contributed by atoms with Gasteiger partial charge in [0.25, 0.3) is 0 Å². The first kappa shape index (κ1) is 14.7. The van der Waals surface area contributed by atoms with E-state index in [-0.39, 0.29) is 11.6 Å². The van der Waals surface area contributed by atoms with Gasteiger partial charge in [-0.25, -0.2) is 0 Å². The summed E-state index contributed by atoms with van der Waals surface area (Å²) < 4.78 is 11.7. The Morgan fingerprint density at radius 1 is 1.29 bits per heavy atom. The Morgan fingerprint density at radius 2 is 2.00 bits per heavy atom. The Hall–Kier alpha value is -1.22. The van der Waals surface area contributed by atoms with Crippen LogP contribution in [0, 0.1) is 11.8 Å². The van der Waals surface area contributed by atoms with E-state index in [2.05, 4.69) is 13.8 Å². The summed E-state index contributed by atoms with van der Waals surface area (Å²) in [6.07, 6.45) is 5.72. The van der Waals surface area contributed by atoms with Gasteiger partial charge in [-0.1, -0.05) is 13.8 Å². The molecule has 3 rings (SSSR count). The standard InChI is InChI=1S/C18H27NO2/c1-12(2)13-6-8-18(9-7-13)11-16(19)15-10-14(20-3)4-5-17(15)21-18/h4-5,10,12-13,16H,6-9,11,19H2,1-3H3/t13?,16-,18?/m1/s1. The van der Waals surface area contributed by atoms with Gasteiger partial charge < -0.3 is 15.2 Å². The van der Waals surface area contributed by atoms with Gasteiger partial charge in [0.05, 0.1) is 7.11 Å². The number of methoxy groups -OCH3 is 1. The molecule has 1 aliphatic heterocycles. The Balaban J connectivity index is 1.79. The monoisotopic (exact) mass is 289 g/mol. The van der Waals surface area contributed by atoms with Crippen LogP contribution in [0.3, 0.4) is 0 Å². The van der Waals surface area contributed by atoms with Crippen LogP contribution in [0.1, 0.15) is 57.6 Å². The fourth-order valence-electron chi connectivity index (χ4n) is 3.96. The third-order valence-corrected chi connectivity index (χ3v) is 5.42. The van der Waals surface area contributed by atoms with Crippen molar-refractivity contribution in [2.75, 3.05) is 7.11 Å². The van der Waals surface area contributed by atoms with Gasteiger partial charge in [0.1, 0.15) is 17.1 Å². The summed E-state index contributed by atoms with van der Waals surface area (Å²) in [5.41, 5.74) is 7.49. The molecular formula is C18H27NO2. The van der Waals surface area contributed by atoms with Gasteiger partial charge in [0.2, 0.25) is 0 Å². The first-order valence-electron chi connectivity index (χ1n) is 8.15. The molecule has 1 aromatic rings. The van der Waals surface area contributed by atoms with Crippen LogP contribution in [-0.4, -0.2) is 12.7 Å². The molecule has 2 aliphatic rings. The lowest BCUT2D eigenvalue weighted by molar-refractivity contribution is -0.0161. The molecular weight excluding hydrogens is 262 g/mol. The molecule has 1 fully saturated rings. The van der Waals surface area contributed by atoms with Crippen molar-refractivity contribution in [1.29, 1.82) is 0 Å². The van der Waals surface area contributed by atoms with Crippen LogP contribution in [0.2, 0.25) is 0 Å². The Labute approximate surface area is 127 Å². The number of fused-ring (bicyclic) bond motifs is 1. The van der Waals surface area contributed by atoms with Gasteiger partial charge in [0.15, 0.2) is 0 Å². The number of hydrogen-bond donors (Lipinski definition) is 1. The average Bonchev–Trinajstić information content (AvgIpc) is 2.47. The highest BCUT2D eigenvalue weighted by Gasteiger charge is 2.43. The van der Waals surface area contributed by atoms with Gasteiger partial charge in [-0.15, -0.1) is 0 Å². The highest BCUT2D eigenvalue weighted by atomic mass is 16.5. The molecule has 2 N–H and O–H groups in total. The molecule has 0 amide bonds. The fraction of sp³-hybridized carbons (Fsp3) is 0.667. The van der Waals surface area contributed by atoms with Crippen molar-refractivity contribution in [2.24, 2.45) is 17.6 Å². The molecule has 0 bridgehead atoms. The van der Waals surface area contributed by atoms with Gasteiger partial charge in [-0.2, -0.15) is 0 Å². The Kier molecular flexibility index (Phi) is 3.87. The van der Waals surface area contributed by atoms with Gasteiger partial charge in [0, 0.05) is 18.0 Å². The first-order valence-corrected chi connectivity index (χ1v) is 8.15. The predicted octanol–water partition coefficient (Wildman–Crippen LogP) is 4.06. The van der Waals surface area contributed by atoms with Crippen LogP contribution >= 0.6 is 0 Å². The van der Waals surface area contributed by atoms with E-state index in [9.17, 15) is 0 Å². The molecule has 0 saturated heterocycles. The topological polar surface area (TPSA) is 44.5 Å². The molecule has 1 aliphatic carbocycles. The normalized spacial score (nSPS) is 31.9. The van der Waals surface area contributed by atoms with Crippen molar-refractivity contribution in [3.63, 3.8) is 0 Å². The van der Waals surface area contributed by atoms with E-state index < -0.39 is 0 Å². The molecule has 0 aromatic heterocycles. The van der Waals surface area contributed by atoms with Gasteiger partial charge >= 0.3 is 0 Å². The quantitative estimate of drug-likeness (QED) is 0.893. The smallest absolute Gasteiger partial charge is 0.125 e. The van der Waals surface area contributed by atoms with Crippen LogP contribution in [0.15, 0.2) is 18.2 Å². The fourth-order valence-corrected chi connectivity index (χ4v) is 3.96. The summed E-state index contributed by atoms with van der Waals surface area (Å²) in [7, 11) is 1.69. The van der Waals surface area contributed by atoms with E-state index in [0.29, 0.717) is 0 Å². The molecule has 1 spiro atoms. The van der Waals surface area contributed by atoms with Crippen LogP contribution in [0.25, 0.3) is 0 Å². The highest BCUT2D eigenvalue weighted by Crippen LogP contribution is 2.48. The van der Waals surface area contributed by atoms with Crippen LogP contribution in [0.5, 0.6) is 11.5 Å². The summed E-state index contributed by atoms with van der Waals surface area (Å²) in [6.45, 7) is 4.66. The van der Waals surface area contributed by atoms with Crippen molar-refractivity contribution in [3.8, 4) is 11.5 Å². The van der Waals surface area contributed by atoms with E-state index in [1.807, 2.05) is 18.2 Å². The zero-order valence-corrected chi connectivity index (χ0v) is 13.4. The molecule has 3 nitrogen and oxygen atoms in total. The maximum atomic E-state index is 6.43. The Morgan fingerprint density at radius 3 is 2.62 bits per heavy atom. The third-order valence-electron chi connectivity index (χ3n) is 5.42. The summed E-state index contributed by atoms with van der Waals surface area (Å²) in [5.74, 6) is 3.42. The lowest BCUT2D eigenvalue weighted by Crippen LogP contribution is -2.46. The second kappa shape index (κ2) is 5.53. The molecule has 1 heterocycles. The van der Waals surface area contributed by atoms with Crippen molar-refractivity contribution in [2.45, 2.75) is 57.6 Å². The number of ether oxygens (including phenoxy) is 2. The minimum absolute atomic E-state index is 0.0353. The molecule has 21 heavy (non-hydrogen) atoms. The molecule has 1 atom stereocenters. The van der Waals surface area contributed by atoms with Crippen LogP contribution in [-0.2, 0) is 0 Å². The second-order valence-electron chi connectivity index (χ2n) is 7.08. The maximum absolute atomic E-state index is 6.43. The predicted molar refractivity (Wildman–Crippen MR) is 84.7 cm³/mol. The summed E-state index contributed by atoms with van der Waals surface area (Å²) in [5, 5.41) is 0. The second-order valence-corrected chi connectivity index (χ2v) is 7.08. The number of rotatable bonds is 2. The van der Waals surface area contributed by atoms with Gasteiger partial charge in [-0.05, 0) is 55.7 Å². The molecule has 0 unspecified atom stereocenters. The maximum Gasteiger partial charge on any atom is 0.125 e. The van der Waals surface area contributed by atoms with Crippen molar-refractivity contribution in [3.05, 3.63) is 23.8 Å². The Bertz CT molecular complexity index is 504. The average molecular weight is 289 g/mol. The number of benzene rings is 1. The van der Waals surface area contributed by atoms with E-state index in [1.54, 1.807) is 7.11 Å². The molecule has 0 radical (unpaired) electrons. The lowest BCUT2D eigenvalue weighted by Gasteiger charge is -2.46.